The molecule has 14 heavy (non-hydrogen) atoms. The van der Waals surface area contributed by atoms with Crippen molar-refractivity contribution in [1.29, 1.82) is 0 Å². The summed E-state index contributed by atoms with van der Waals surface area (Å²) >= 11 is 0. The Morgan fingerprint density at radius 2 is 1.79 bits per heavy atom. The minimum atomic E-state index is 0.772. The maximum Gasteiger partial charge on any atom is 0.0651 e. The lowest BCUT2D eigenvalue weighted by molar-refractivity contribution is 1.12. The zero-order chi connectivity index (χ0) is 11.0. The second-order valence-corrected chi connectivity index (χ2v) is 2.22. The van der Waals surface area contributed by atoms with Crippen LogP contribution in [0.5, 0.6) is 0 Å². The summed E-state index contributed by atoms with van der Waals surface area (Å²) < 4.78 is 0. The molecular weight excluding hydrogens is 174 g/mol. The third-order valence-corrected chi connectivity index (χ3v) is 1.46. The number of aromatic amines is 1. The van der Waals surface area contributed by atoms with E-state index in [1.165, 1.54) is 0 Å². The molecule has 0 saturated carbocycles. The fraction of sp³-hybridized carbons (Fsp3) is 0.364. The number of nitrogen functional groups attached to an aromatic ring is 1. The van der Waals surface area contributed by atoms with Crippen LogP contribution in [0.15, 0.2) is 24.4 Å². The Hall–Kier alpha value is -1.51. The molecule has 0 atom stereocenters. The van der Waals surface area contributed by atoms with Crippen molar-refractivity contribution in [1.82, 2.24) is 10.2 Å². The van der Waals surface area contributed by atoms with Gasteiger partial charge in [0.1, 0.15) is 0 Å². The highest BCUT2D eigenvalue weighted by Crippen LogP contribution is 2.13. The molecular formula is C11H19N3. The molecule has 78 valence electrons. The molecule has 0 spiro atoms. The Kier molecular flexibility index (Phi) is 6.20. The van der Waals surface area contributed by atoms with Crippen LogP contribution in [0.3, 0.4) is 0 Å². The maximum absolute atomic E-state index is 5.54. The van der Waals surface area contributed by atoms with E-state index in [1.54, 1.807) is 6.20 Å². The van der Waals surface area contributed by atoms with E-state index in [-0.39, 0.29) is 0 Å². The zero-order valence-corrected chi connectivity index (χ0v) is 9.33. The number of H-pyrrole nitrogens is 1. The van der Waals surface area contributed by atoms with Crippen molar-refractivity contribution in [3.05, 3.63) is 24.4 Å². The molecule has 0 unspecified atom stereocenters. The van der Waals surface area contributed by atoms with Crippen molar-refractivity contribution in [3.8, 4) is 0 Å². The fourth-order valence-electron chi connectivity index (χ4n) is 0.961. The predicted octanol–water partition coefficient (Wildman–Crippen LogP) is 3.20. The van der Waals surface area contributed by atoms with Crippen molar-refractivity contribution in [3.63, 3.8) is 0 Å². The average Bonchev–Trinajstić information content (AvgIpc) is 2.71. The van der Waals surface area contributed by atoms with Crippen LogP contribution < -0.4 is 5.73 Å². The minimum Gasteiger partial charge on any atom is -0.399 e. The van der Waals surface area contributed by atoms with Gasteiger partial charge in [0.2, 0.25) is 0 Å². The quantitative estimate of drug-likeness (QED) is 0.631. The first kappa shape index (κ1) is 12.5. The molecule has 0 fully saturated rings. The molecule has 3 nitrogen and oxygen atoms in total. The molecule has 0 radical (unpaired) electrons. The number of nitrogens with zero attached hydrogens (tertiary/aromatic N) is 1. The molecule has 1 heterocycles. The lowest BCUT2D eigenvalue weighted by atomic mass is 10.2. The van der Waals surface area contributed by atoms with Gasteiger partial charge in [0, 0.05) is 11.1 Å². The van der Waals surface area contributed by atoms with Crippen molar-refractivity contribution >= 4 is 16.6 Å². The molecule has 0 aliphatic heterocycles. The highest BCUT2D eigenvalue weighted by molar-refractivity contribution is 5.81. The first-order chi connectivity index (χ1) is 6.86. The molecule has 2 aromatic rings. The van der Waals surface area contributed by atoms with E-state index in [0.29, 0.717) is 0 Å². The monoisotopic (exact) mass is 193 g/mol. The van der Waals surface area contributed by atoms with Gasteiger partial charge in [-0.2, -0.15) is 5.10 Å². The van der Waals surface area contributed by atoms with E-state index in [1.807, 2.05) is 45.9 Å². The predicted molar refractivity (Wildman–Crippen MR) is 63.2 cm³/mol. The summed E-state index contributed by atoms with van der Waals surface area (Å²) in [5, 5.41) is 7.76. The molecule has 0 amide bonds. The van der Waals surface area contributed by atoms with Gasteiger partial charge in [0.25, 0.3) is 0 Å². The first-order valence-electron chi connectivity index (χ1n) is 5.05. The van der Waals surface area contributed by atoms with Gasteiger partial charge in [-0.05, 0) is 18.2 Å². The SMILES string of the molecule is CC.CC.Nc1ccc2[nH]ncc2c1. The number of rotatable bonds is 0. The summed E-state index contributed by atoms with van der Waals surface area (Å²) in [5.74, 6) is 0. The number of hydrogen-bond donors (Lipinski definition) is 2. The second-order valence-electron chi connectivity index (χ2n) is 2.22. The number of aromatic nitrogens is 2. The third-order valence-electron chi connectivity index (χ3n) is 1.46. The molecule has 0 aliphatic carbocycles. The summed E-state index contributed by atoms with van der Waals surface area (Å²) in [6, 6.07) is 5.65. The molecule has 0 saturated heterocycles. The molecule has 0 aliphatic rings. The van der Waals surface area contributed by atoms with E-state index < -0.39 is 0 Å². The Balaban J connectivity index is 0.000000379. The van der Waals surface area contributed by atoms with Gasteiger partial charge >= 0.3 is 0 Å². The van der Waals surface area contributed by atoms with E-state index >= 15 is 0 Å². The largest absolute Gasteiger partial charge is 0.399 e. The Morgan fingerprint density at radius 3 is 2.43 bits per heavy atom. The van der Waals surface area contributed by atoms with Crippen LogP contribution in [0.1, 0.15) is 27.7 Å². The van der Waals surface area contributed by atoms with Gasteiger partial charge in [-0.3, -0.25) is 5.10 Å². The van der Waals surface area contributed by atoms with Crippen LogP contribution in [-0.2, 0) is 0 Å². The third kappa shape index (κ3) is 3.09. The van der Waals surface area contributed by atoms with Crippen molar-refractivity contribution < 1.29 is 0 Å². The number of benzene rings is 1. The first-order valence-corrected chi connectivity index (χ1v) is 5.05. The van der Waals surface area contributed by atoms with Crippen LogP contribution in [-0.4, -0.2) is 10.2 Å². The molecule has 3 N–H and O–H groups in total. The van der Waals surface area contributed by atoms with Crippen LogP contribution >= 0.6 is 0 Å². The summed E-state index contributed by atoms with van der Waals surface area (Å²) in [6.07, 6.45) is 1.76. The molecule has 2 rings (SSSR count). The Labute approximate surface area is 85.3 Å². The van der Waals surface area contributed by atoms with E-state index in [9.17, 15) is 0 Å². The summed E-state index contributed by atoms with van der Waals surface area (Å²) in [4.78, 5) is 0. The van der Waals surface area contributed by atoms with E-state index in [4.69, 9.17) is 5.73 Å². The number of nitrogens with one attached hydrogen (secondary N) is 1. The smallest absolute Gasteiger partial charge is 0.0651 e. The molecule has 0 bridgehead atoms. The average molecular weight is 193 g/mol. The van der Waals surface area contributed by atoms with Gasteiger partial charge in [0.05, 0.1) is 11.7 Å². The van der Waals surface area contributed by atoms with Gasteiger partial charge in [0.15, 0.2) is 0 Å². The van der Waals surface area contributed by atoms with Crippen LogP contribution in [0.25, 0.3) is 10.9 Å². The summed E-state index contributed by atoms with van der Waals surface area (Å²) in [5.41, 5.74) is 7.34. The fourth-order valence-corrected chi connectivity index (χ4v) is 0.961. The van der Waals surface area contributed by atoms with Crippen LogP contribution in [0.4, 0.5) is 5.69 Å². The van der Waals surface area contributed by atoms with Crippen LogP contribution in [0.2, 0.25) is 0 Å². The Morgan fingerprint density at radius 1 is 1.14 bits per heavy atom. The van der Waals surface area contributed by atoms with Gasteiger partial charge in [-0.25, -0.2) is 0 Å². The van der Waals surface area contributed by atoms with Crippen LogP contribution in [0, 0.1) is 0 Å². The lowest BCUT2D eigenvalue weighted by Crippen LogP contribution is -1.81. The normalized spacial score (nSPS) is 8.29. The Bertz CT molecular complexity index is 352. The number of anilines is 1. The summed E-state index contributed by atoms with van der Waals surface area (Å²) in [6.45, 7) is 8.00. The topological polar surface area (TPSA) is 54.7 Å². The second kappa shape index (κ2) is 6.95. The molecule has 1 aromatic heterocycles. The van der Waals surface area contributed by atoms with Crippen molar-refractivity contribution in [2.45, 2.75) is 27.7 Å². The van der Waals surface area contributed by atoms with Crippen molar-refractivity contribution in [2.24, 2.45) is 0 Å². The maximum atomic E-state index is 5.54. The molecule has 1 aromatic carbocycles. The molecule has 3 heteroatoms. The standard InChI is InChI=1S/C7H7N3.2C2H6/c8-6-1-2-7-5(3-6)4-9-10-7;2*1-2/h1-4H,8H2,(H,9,10);2*1-2H3. The van der Waals surface area contributed by atoms with Gasteiger partial charge in [-0.15, -0.1) is 0 Å². The lowest BCUT2D eigenvalue weighted by Gasteiger charge is -1.89. The van der Waals surface area contributed by atoms with Gasteiger partial charge in [-0.1, -0.05) is 27.7 Å². The van der Waals surface area contributed by atoms with E-state index in [2.05, 4.69) is 10.2 Å². The van der Waals surface area contributed by atoms with Crippen molar-refractivity contribution in [2.75, 3.05) is 5.73 Å². The number of nitrogens with two attached hydrogens (primary N) is 1. The number of hydrogen-bond acceptors (Lipinski definition) is 2. The van der Waals surface area contributed by atoms with Gasteiger partial charge < -0.3 is 5.73 Å². The number of fused-ring (bicyclic) bond motifs is 1. The minimum absolute atomic E-state index is 0.772. The summed E-state index contributed by atoms with van der Waals surface area (Å²) in [7, 11) is 0. The highest BCUT2D eigenvalue weighted by Gasteiger charge is 1.92. The highest BCUT2D eigenvalue weighted by atomic mass is 15.1. The van der Waals surface area contributed by atoms with E-state index in [0.717, 1.165) is 16.6 Å². The zero-order valence-electron chi connectivity index (χ0n) is 9.33.